The number of rotatable bonds is 10. The number of nitrogens with one attached hydrogen (secondary N) is 2. The first kappa shape index (κ1) is 19.0. The number of amides is 3. The largest absolute Gasteiger partial charge is 0.446 e. The van der Waals surface area contributed by atoms with Gasteiger partial charge in [-0.05, 0) is 19.3 Å². The molecule has 0 aliphatic carbocycles. The molecule has 0 aliphatic rings. The molecule has 7 nitrogen and oxygen atoms in total. The molecule has 0 saturated heterocycles. The number of carbonyl (C=O) groups excluding carboxylic acids is 2. The molecular weight excluding hydrogens is 296 g/mol. The average Bonchev–Trinajstić information content (AvgIpc) is 3.01. The van der Waals surface area contributed by atoms with Crippen LogP contribution in [0.4, 0.5) is 4.79 Å². The third-order valence-electron chi connectivity index (χ3n) is 3.23. The molecule has 23 heavy (non-hydrogen) atoms. The first-order valence-corrected chi connectivity index (χ1v) is 8.37. The van der Waals surface area contributed by atoms with Gasteiger partial charge in [-0.25, -0.2) is 9.78 Å². The number of hydrogen-bond donors (Lipinski definition) is 2. The van der Waals surface area contributed by atoms with Gasteiger partial charge in [0, 0.05) is 19.6 Å². The molecule has 0 unspecified atom stereocenters. The molecule has 1 rings (SSSR count). The van der Waals surface area contributed by atoms with E-state index < -0.39 is 0 Å². The highest BCUT2D eigenvalue weighted by molar-refractivity contribution is 5.91. The maximum absolute atomic E-state index is 12.2. The lowest BCUT2D eigenvalue weighted by Crippen LogP contribution is -2.40. The van der Waals surface area contributed by atoms with Crippen molar-refractivity contribution >= 4 is 11.9 Å². The molecule has 0 aromatic carbocycles. The second-order valence-electron chi connectivity index (χ2n) is 5.39. The summed E-state index contributed by atoms with van der Waals surface area (Å²) in [6, 6.07) is -0.129. The molecule has 3 amide bonds. The van der Waals surface area contributed by atoms with E-state index in [0.717, 1.165) is 25.7 Å². The SMILES string of the molecule is CCCCNC(=O)N(CCC)Cc1nc(C(=O)NCCC)co1. The van der Waals surface area contributed by atoms with Gasteiger partial charge < -0.3 is 20.0 Å². The predicted molar refractivity (Wildman–Crippen MR) is 88.1 cm³/mol. The van der Waals surface area contributed by atoms with Gasteiger partial charge >= 0.3 is 6.03 Å². The molecule has 0 aliphatic heterocycles. The molecule has 0 saturated carbocycles. The smallest absolute Gasteiger partial charge is 0.317 e. The molecule has 0 bridgehead atoms. The molecule has 2 N–H and O–H groups in total. The summed E-state index contributed by atoms with van der Waals surface area (Å²) in [6.07, 6.45) is 5.01. The fourth-order valence-electron chi connectivity index (χ4n) is 1.99. The van der Waals surface area contributed by atoms with Crippen LogP contribution in [0.2, 0.25) is 0 Å². The van der Waals surface area contributed by atoms with Gasteiger partial charge in [-0.15, -0.1) is 0 Å². The number of aromatic nitrogens is 1. The van der Waals surface area contributed by atoms with Crippen molar-refractivity contribution in [2.75, 3.05) is 19.6 Å². The third kappa shape index (κ3) is 6.71. The Morgan fingerprint density at radius 2 is 1.91 bits per heavy atom. The maximum Gasteiger partial charge on any atom is 0.317 e. The van der Waals surface area contributed by atoms with Crippen LogP contribution in [0.15, 0.2) is 10.7 Å². The summed E-state index contributed by atoms with van der Waals surface area (Å²) in [5.41, 5.74) is 0.247. The monoisotopic (exact) mass is 324 g/mol. The lowest BCUT2D eigenvalue weighted by Gasteiger charge is -2.20. The van der Waals surface area contributed by atoms with E-state index >= 15 is 0 Å². The minimum atomic E-state index is -0.253. The highest BCUT2D eigenvalue weighted by Gasteiger charge is 2.17. The highest BCUT2D eigenvalue weighted by Crippen LogP contribution is 2.07. The van der Waals surface area contributed by atoms with Crippen LogP contribution in [0.1, 0.15) is 62.8 Å². The van der Waals surface area contributed by atoms with Gasteiger partial charge in [0.1, 0.15) is 6.26 Å². The van der Waals surface area contributed by atoms with E-state index in [2.05, 4.69) is 22.5 Å². The zero-order chi connectivity index (χ0) is 17.1. The maximum atomic E-state index is 12.2. The Bertz CT molecular complexity index is 487. The number of nitrogens with zero attached hydrogens (tertiary/aromatic N) is 2. The van der Waals surface area contributed by atoms with Crippen molar-refractivity contribution in [3.8, 4) is 0 Å². The number of urea groups is 1. The Hall–Kier alpha value is -2.05. The summed E-state index contributed by atoms with van der Waals surface area (Å²) < 4.78 is 5.32. The van der Waals surface area contributed by atoms with Gasteiger partial charge in [-0.1, -0.05) is 27.2 Å². The predicted octanol–water partition coefficient (Wildman–Crippen LogP) is 2.54. The first-order valence-electron chi connectivity index (χ1n) is 8.37. The van der Waals surface area contributed by atoms with Crippen LogP contribution in [0.25, 0.3) is 0 Å². The van der Waals surface area contributed by atoms with Crippen LogP contribution in [-0.4, -0.2) is 41.5 Å². The van der Waals surface area contributed by atoms with Crippen molar-refractivity contribution < 1.29 is 14.0 Å². The Labute approximate surface area is 137 Å². The molecule has 1 aromatic heterocycles. The van der Waals surface area contributed by atoms with Crippen molar-refractivity contribution in [2.45, 2.75) is 53.0 Å². The van der Waals surface area contributed by atoms with Crippen molar-refractivity contribution in [1.29, 1.82) is 0 Å². The van der Waals surface area contributed by atoms with Crippen LogP contribution in [0, 0.1) is 0 Å². The standard InChI is InChI=1S/C16H28N4O3/c1-4-7-9-18-16(22)20(10-6-3)11-14-19-13(12-23-14)15(21)17-8-5-2/h12H,4-11H2,1-3H3,(H,17,21)(H,18,22). The fraction of sp³-hybridized carbons (Fsp3) is 0.688. The molecule has 7 heteroatoms. The molecule has 0 radical (unpaired) electrons. The number of oxazole rings is 1. The van der Waals surface area contributed by atoms with Gasteiger partial charge in [0.2, 0.25) is 5.89 Å². The molecule has 0 atom stereocenters. The van der Waals surface area contributed by atoms with Gasteiger partial charge in [0.05, 0.1) is 6.54 Å². The van der Waals surface area contributed by atoms with E-state index in [9.17, 15) is 9.59 Å². The molecule has 0 fully saturated rings. The summed E-state index contributed by atoms with van der Waals surface area (Å²) in [5.74, 6) is 0.113. The van der Waals surface area contributed by atoms with Crippen LogP contribution in [0.5, 0.6) is 0 Å². The van der Waals surface area contributed by atoms with E-state index in [1.165, 1.54) is 6.26 Å². The van der Waals surface area contributed by atoms with E-state index in [-0.39, 0.29) is 24.2 Å². The van der Waals surface area contributed by atoms with E-state index in [1.54, 1.807) is 4.90 Å². The Kier molecular flexibility index (Phi) is 8.79. The van der Waals surface area contributed by atoms with Gasteiger partial charge in [-0.2, -0.15) is 0 Å². The van der Waals surface area contributed by atoms with Crippen LogP contribution >= 0.6 is 0 Å². The second kappa shape index (κ2) is 10.6. The summed E-state index contributed by atoms with van der Waals surface area (Å²) in [6.45, 7) is 8.19. The zero-order valence-electron chi connectivity index (χ0n) is 14.4. The zero-order valence-corrected chi connectivity index (χ0v) is 14.4. The summed E-state index contributed by atoms with van der Waals surface area (Å²) >= 11 is 0. The minimum absolute atomic E-state index is 0.129. The van der Waals surface area contributed by atoms with Crippen LogP contribution in [-0.2, 0) is 6.54 Å². The van der Waals surface area contributed by atoms with Crippen LogP contribution in [0.3, 0.4) is 0 Å². The summed E-state index contributed by atoms with van der Waals surface area (Å²) in [7, 11) is 0. The van der Waals surface area contributed by atoms with E-state index in [0.29, 0.717) is 25.5 Å². The van der Waals surface area contributed by atoms with E-state index in [4.69, 9.17) is 4.42 Å². The summed E-state index contributed by atoms with van der Waals surface area (Å²) in [5, 5.41) is 5.63. The fourth-order valence-corrected chi connectivity index (χ4v) is 1.99. The number of carbonyl (C=O) groups is 2. The van der Waals surface area contributed by atoms with Crippen molar-refractivity contribution in [3.05, 3.63) is 17.8 Å². The second-order valence-corrected chi connectivity index (χ2v) is 5.39. The molecular formula is C16H28N4O3. The molecule has 1 heterocycles. The highest BCUT2D eigenvalue weighted by atomic mass is 16.3. The van der Waals surface area contributed by atoms with Gasteiger partial charge in [0.25, 0.3) is 5.91 Å². The topological polar surface area (TPSA) is 87.5 Å². The van der Waals surface area contributed by atoms with Crippen molar-refractivity contribution in [2.24, 2.45) is 0 Å². The van der Waals surface area contributed by atoms with Crippen molar-refractivity contribution in [3.63, 3.8) is 0 Å². The average molecular weight is 324 g/mol. The van der Waals surface area contributed by atoms with E-state index in [1.807, 2.05) is 13.8 Å². The van der Waals surface area contributed by atoms with Crippen LogP contribution < -0.4 is 10.6 Å². The Morgan fingerprint density at radius 3 is 2.57 bits per heavy atom. The lowest BCUT2D eigenvalue weighted by atomic mass is 10.3. The Balaban J connectivity index is 2.60. The quantitative estimate of drug-likeness (QED) is 0.647. The first-order chi connectivity index (χ1) is 11.1. The molecule has 130 valence electrons. The normalized spacial score (nSPS) is 10.4. The van der Waals surface area contributed by atoms with Crippen molar-refractivity contribution in [1.82, 2.24) is 20.5 Å². The minimum Gasteiger partial charge on any atom is -0.446 e. The lowest BCUT2D eigenvalue weighted by molar-refractivity contribution is 0.0948. The Morgan fingerprint density at radius 1 is 1.13 bits per heavy atom. The summed E-state index contributed by atoms with van der Waals surface area (Å²) in [4.78, 5) is 29.8. The number of unbranched alkanes of at least 4 members (excludes halogenated alkanes) is 1. The third-order valence-corrected chi connectivity index (χ3v) is 3.23. The molecule has 0 spiro atoms. The van der Waals surface area contributed by atoms with Gasteiger partial charge in [0.15, 0.2) is 5.69 Å². The molecule has 1 aromatic rings. The van der Waals surface area contributed by atoms with Gasteiger partial charge in [-0.3, -0.25) is 4.79 Å². The number of hydrogen-bond acceptors (Lipinski definition) is 4.